The summed E-state index contributed by atoms with van der Waals surface area (Å²) < 4.78 is 0. The molecule has 18 heavy (non-hydrogen) atoms. The zero-order valence-corrected chi connectivity index (χ0v) is 13.2. The Morgan fingerprint density at radius 1 is 1.39 bits per heavy atom. The third-order valence-electron chi connectivity index (χ3n) is 2.69. The van der Waals surface area contributed by atoms with E-state index in [1.807, 2.05) is 13.1 Å². The van der Waals surface area contributed by atoms with Gasteiger partial charge < -0.3 is 4.90 Å². The number of halogens is 1. The molecule has 2 aromatic heterocycles. The number of hydrogen-bond donors (Lipinski definition) is 0. The first-order valence-corrected chi connectivity index (χ1v) is 7.74. The summed E-state index contributed by atoms with van der Waals surface area (Å²) in [5.41, 5.74) is 3.50. The van der Waals surface area contributed by atoms with Gasteiger partial charge in [0, 0.05) is 24.0 Å². The topological polar surface area (TPSA) is 29.0 Å². The number of nitrogens with zero attached hydrogens (tertiary/aromatic N) is 3. The minimum Gasteiger partial charge on any atom is -0.354 e. The average Bonchev–Trinajstić information content (AvgIpc) is 2.74. The summed E-state index contributed by atoms with van der Waals surface area (Å²) >= 11 is 5.14. The molecule has 0 bridgehead atoms. The van der Waals surface area contributed by atoms with Crippen LogP contribution < -0.4 is 4.90 Å². The van der Waals surface area contributed by atoms with Crippen LogP contribution in [0.2, 0.25) is 0 Å². The molecule has 2 heterocycles. The van der Waals surface area contributed by atoms with Crippen molar-refractivity contribution in [2.24, 2.45) is 0 Å². The van der Waals surface area contributed by atoms with Gasteiger partial charge in [0.2, 0.25) is 0 Å². The van der Waals surface area contributed by atoms with E-state index in [1.165, 1.54) is 11.1 Å². The van der Waals surface area contributed by atoms with Gasteiger partial charge in [-0.1, -0.05) is 22.0 Å². The summed E-state index contributed by atoms with van der Waals surface area (Å²) in [6, 6.07) is 2.17. The van der Waals surface area contributed by atoms with Crippen molar-refractivity contribution < 1.29 is 0 Å². The summed E-state index contributed by atoms with van der Waals surface area (Å²) in [6.45, 7) is 4.92. The lowest BCUT2D eigenvalue weighted by atomic mass is 10.2. The monoisotopic (exact) mass is 325 g/mol. The minimum absolute atomic E-state index is 0.797. The summed E-state index contributed by atoms with van der Waals surface area (Å²) in [7, 11) is 2.05. The third kappa shape index (κ3) is 3.09. The maximum Gasteiger partial charge on any atom is 0.131 e. The van der Waals surface area contributed by atoms with Crippen molar-refractivity contribution in [3.8, 4) is 0 Å². The molecule has 0 saturated carbocycles. The number of hydrogen-bond acceptors (Lipinski definition) is 4. The number of thiazole rings is 1. The van der Waals surface area contributed by atoms with E-state index in [2.05, 4.69) is 56.2 Å². The first-order valence-electron chi connectivity index (χ1n) is 5.73. The van der Waals surface area contributed by atoms with Crippen molar-refractivity contribution in [3.63, 3.8) is 0 Å². The lowest BCUT2D eigenvalue weighted by Crippen LogP contribution is -2.19. The van der Waals surface area contributed by atoms with Crippen molar-refractivity contribution in [2.75, 3.05) is 11.9 Å². The van der Waals surface area contributed by atoms with Crippen LogP contribution in [-0.2, 0) is 11.9 Å². The molecule has 0 spiro atoms. The van der Waals surface area contributed by atoms with E-state index in [0.717, 1.165) is 28.4 Å². The van der Waals surface area contributed by atoms with Crippen LogP contribution >= 0.6 is 27.3 Å². The number of aromatic nitrogens is 2. The zero-order chi connectivity index (χ0) is 13.1. The second-order valence-corrected chi connectivity index (χ2v) is 5.95. The number of rotatable bonds is 4. The van der Waals surface area contributed by atoms with Crippen LogP contribution in [0.15, 0.2) is 17.6 Å². The molecular weight excluding hydrogens is 310 g/mol. The maximum atomic E-state index is 4.52. The Balaban J connectivity index is 2.15. The Morgan fingerprint density at radius 3 is 2.72 bits per heavy atom. The van der Waals surface area contributed by atoms with Gasteiger partial charge in [-0.25, -0.2) is 9.97 Å². The molecule has 96 valence electrons. The van der Waals surface area contributed by atoms with Crippen molar-refractivity contribution in [1.29, 1.82) is 0 Å². The summed E-state index contributed by atoms with van der Waals surface area (Å²) in [6.07, 6.45) is 1.92. The lowest BCUT2D eigenvalue weighted by Gasteiger charge is -2.19. The number of pyridine rings is 1. The van der Waals surface area contributed by atoms with Crippen LogP contribution in [0, 0.1) is 13.8 Å². The number of aryl methyl sites for hydroxylation is 2. The first-order chi connectivity index (χ1) is 8.60. The van der Waals surface area contributed by atoms with E-state index >= 15 is 0 Å². The molecule has 0 aliphatic heterocycles. The average molecular weight is 326 g/mol. The minimum atomic E-state index is 0.797. The van der Waals surface area contributed by atoms with Gasteiger partial charge in [-0.15, -0.1) is 11.3 Å². The molecule has 0 fully saturated rings. The van der Waals surface area contributed by atoms with Crippen LogP contribution in [0.4, 0.5) is 5.82 Å². The van der Waals surface area contributed by atoms with E-state index in [-0.39, 0.29) is 0 Å². The fourth-order valence-electron chi connectivity index (χ4n) is 1.90. The largest absolute Gasteiger partial charge is 0.354 e. The van der Waals surface area contributed by atoms with Crippen LogP contribution in [-0.4, -0.2) is 17.0 Å². The molecule has 0 unspecified atom stereocenters. The Labute approximate surface area is 120 Å². The van der Waals surface area contributed by atoms with Gasteiger partial charge >= 0.3 is 0 Å². The second-order valence-electron chi connectivity index (χ2n) is 4.33. The van der Waals surface area contributed by atoms with Crippen molar-refractivity contribution in [2.45, 2.75) is 25.7 Å². The fraction of sp³-hybridized carbons (Fsp3) is 0.385. The SMILES string of the molecule is Cc1nc(CN(C)c2ncc(CBr)cc2C)cs1. The van der Waals surface area contributed by atoms with E-state index in [4.69, 9.17) is 0 Å². The van der Waals surface area contributed by atoms with Crippen LogP contribution in [0.25, 0.3) is 0 Å². The quantitative estimate of drug-likeness (QED) is 0.803. The fourth-order valence-corrected chi connectivity index (χ4v) is 2.81. The molecule has 0 radical (unpaired) electrons. The van der Waals surface area contributed by atoms with Crippen molar-refractivity contribution in [1.82, 2.24) is 9.97 Å². The highest BCUT2D eigenvalue weighted by molar-refractivity contribution is 9.08. The van der Waals surface area contributed by atoms with E-state index < -0.39 is 0 Å². The highest BCUT2D eigenvalue weighted by atomic mass is 79.9. The Hall–Kier alpha value is -0.940. The summed E-state index contributed by atoms with van der Waals surface area (Å²) in [4.78, 5) is 11.1. The van der Waals surface area contributed by atoms with Crippen molar-refractivity contribution >= 4 is 33.1 Å². The smallest absolute Gasteiger partial charge is 0.131 e. The number of anilines is 1. The molecule has 0 aliphatic rings. The van der Waals surface area contributed by atoms with E-state index in [9.17, 15) is 0 Å². The van der Waals surface area contributed by atoms with Gasteiger partial charge in [-0.2, -0.15) is 0 Å². The van der Waals surface area contributed by atoms with Crippen LogP contribution in [0.5, 0.6) is 0 Å². The van der Waals surface area contributed by atoms with Gasteiger partial charge in [0.05, 0.1) is 17.2 Å². The lowest BCUT2D eigenvalue weighted by molar-refractivity contribution is 0.863. The Kier molecular flexibility index (Phi) is 4.35. The molecule has 5 heteroatoms. The molecule has 2 aromatic rings. The van der Waals surface area contributed by atoms with Gasteiger partial charge in [0.25, 0.3) is 0 Å². The second kappa shape index (κ2) is 5.80. The molecule has 0 amide bonds. The molecule has 0 aliphatic carbocycles. The van der Waals surface area contributed by atoms with Gasteiger partial charge in [-0.05, 0) is 25.0 Å². The standard InChI is InChI=1S/C13H16BrN3S/c1-9-4-11(5-14)6-15-13(9)17(3)7-12-8-18-10(2)16-12/h4,6,8H,5,7H2,1-3H3. The maximum absolute atomic E-state index is 4.52. The zero-order valence-electron chi connectivity index (χ0n) is 10.8. The predicted octanol–water partition coefficient (Wildman–Crippen LogP) is 3.69. The molecule has 2 rings (SSSR count). The summed E-state index contributed by atoms with van der Waals surface area (Å²) in [5, 5.41) is 4.06. The highest BCUT2D eigenvalue weighted by Gasteiger charge is 2.09. The first kappa shape index (κ1) is 13.5. The predicted molar refractivity (Wildman–Crippen MR) is 80.6 cm³/mol. The molecule has 0 N–H and O–H groups in total. The molecule has 3 nitrogen and oxygen atoms in total. The van der Waals surface area contributed by atoms with Gasteiger partial charge in [0.1, 0.15) is 5.82 Å². The third-order valence-corrected chi connectivity index (χ3v) is 4.16. The molecule has 0 atom stereocenters. The van der Waals surface area contributed by atoms with E-state index in [1.54, 1.807) is 11.3 Å². The Bertz CT molecular complexity index is 539. The summed E-state index contributed by atoms with van der Waals surface area (Å²) in [5.74, 6) is 1.02. The van der Waals surface area contributed by atoms with Crippen molar-refractivity contribution in [3.05, 3.63) is 39.5 Å². The molecular formula is C13H16BrN3S. The van der Waals surface area contributed by atoms with Crippen LogP contribution in [0.1, 0.15) is 21.8 Å². The Morgan fingerprint density at radius 2 is 2.17 bits per heavy atom. The highest BCUT2D eigenvalue weighted by Crippen LogP contribution is 2.20. The normalized spacial score (nSPS) is 10.7. The van der Waals surface area contributed by atoms with Gasteiger partial charge in [0.15, 0.2) is 0 Å². The molecule has 0 aromatic carbocycles. The van der Waals surface area contributed by atoms with Gasteiger partial charge in [-0.3, -0.25) is 0 Å². The van der Waals surface area contributed by atoms with Crippen LogP contribution in [0.3, 0.4) is 0 Å². The molecule has 0 saturated heterocycles. The van der Waals surface area contributed by atoms with E-state index in [0.29, 0.717) is 0 Å². The number of alkyl halides is 1.